The molecule has 3 heterocycles. The Kier molecular flexibility index (Phi) is 57.6. The number of unbranched alkanes of at least 4 members (excludes halogenated alkanes) is 49. The summed E-state index contributed by atoms with van der Waals surface area (Å²) in [5, 5.41) is 121. The number of ether oxygens (including phenoxy) is 6. The highest BCUT2D eigenvalue weighted by Crippen LogP contribution is 2.33. The number of hydrogen-bond acceptors (Lipinski definition) is 18. The number of aliphatic hydroxyl groups excluding tert-OH is 11. The van der Waals surface area contributed by atoms with Gasteiger partial charge in [0.05, 0.1) is 38.6 Å². The number of carbonyl (C=O) groups is 1. The second-order valence-electron chi connectivity index (χ2n) is 29.9. The first-order valence-electron chi connectivity index (χ1n) is 41.6. The van der Waals surface area contributed by atoms with Crippen LogP contribution in [0.5, 0.6) is 0 Å². The van der Waals surface area contributed by atoms with E-state index in [4.69, 9.17) is 28.4 Å². The summed E-state index contributed by atoms with van der Waals surface area (Å²) in [6.45, 7) is 1.77. The Labute approximate surface area is 607 Å². The molecule has 100 heavy (non-hydrogen) atoms. The van der Waals surface area contributed by atoms with Gasteiger partial charge in [-0.15, -0.1) is 0 Å². The predicted molar refractivity (Wildman–Crippen MR) is 397 cm³/mol. The second kappa shape index (κ2) is 62.3. The van der Waals surface area contributed by atoms with Gasteiger partial charge in [0, 0.05) is 6.42 Å². The van der Waals surface area contributed by atoms with E-state index in [-0.39, 0.29) is 18.9 Å². The first-order chi connectivity index (χ1) is 48.8. The fourth-order valence-corrected chi connectivity index (χ4v) is 14.3. The molecule has 17 atom stereocenters. The lowest BCUT2D eigenvalue weighted by Crippen LogP contribution is -2.66. The molecule has 590 valence electrons. The molecule has 0 radical (unpaired) electrons. The molecule has 0 aromatic heterocycles. The van der Waals surface area contributed by atoms with E-state index in [9.17, 15) is 61.0 Å². The van der Waals surface area contributed by atoms with E-state index in [0.717, 1.165) is 38.5 Å². The minimum atomic E-state index is -1.98. The van der Waals surface area contributed by atoms with Crippen LogP contribution in [0.3, 0.4) is 0 Å². The molecule has 19 nitrogen and oxygen atoms in total. The van der Waals surface area contributed by atoms with Gasteiger partial charge >= 0.3 is 0 Å². The zero-order valence-electron chi connectivity index (χ0n) is 63.2. The quantitative estimate of drug-likeness (QED) is 0.0199. The highest BCUT2D eigenvalue weighted by Gasteiger charge is 2.54. The van der Waals surface area contributed by atoms with Crippen molar-refractivity contribution in [3.05, 3.63) is 24.3 Å². The van der Waals surface area contributed by atoms with E-state index in [0.29, 0.717) is 12.8 Å². The summed E-state index contributed by atoms with van der Waals surface area (Å²) in [7, 11) is 0. The molecule has 0 aromatic rings. The van der Waals surface area contributed by atoms with Crippen LogP contribution in [0.2, 0.25) is 0 Å². The lowest BCUT2D eigenvalue weighted by molar-refractivity contribution is -0.379. The van der Waals surface area contributed by atoms with E-state index >= 15 is 0 Å². The zero-order valence-corrected chi connectivity index (χ0v) is 63.2. The summed E-state index contributed by atoms with van der Waals surface area (Å²) >= 11 is 0. The molecule has 19 heteroatoms. The molecule has 1 amide bonds. The Morgan fingerprint density at radius 1 is 0.350 bits per heavy atom. The Balaban J connectivity index is 1.32. The molecule has 0 aromatic carbocycles. The summed E-state index contributed by atoms with van der Waals surface area (Å²) in [5.74, 6) is -0.277. The molecule has 3 rings (SSSR count). The summed E-state index contributed by atoms with van der Waals surface area (Å²) in [6, 6.07) is -0.988. The number of carbonyl (C=O) groups excluding carboxylic acids is 1. The van der Waals surface area contributed by atoms with Gasteiger partial charge in [-0.25, -0.2) is 0 Å². The molecule has 3 saturated heterocycles. The van der Waals surface area contributed by atoms with Gasteiger partial charge in [0.1, 0.15) is 73.2 Å². The van der Waals surface area contributed by atoms with Gasteiger partial charge in [-0.3, -0.25) is 4.79 Å². The van der Waals surface area contributed by atoms with E-state index < -0.39 is 124 Å². The van der Waals surface area contributed by atoms with Crippen LogP contribution in [0.15, 0.2) is 24.3 Å². The van der Waals surface area contributed by atoms with Crippen LogP contribution in [0, 0.1) is 0 Å². The monoisotopic (exact) mass is 1430 g/mol. The third-order valence-electron chi connectivity index (χ3n) is 21.0. The van der Waals surface area contributed by atoms with Crippen molar-refractivity contribution in [2.45, 2.75) is 458 Å². The lowest BCUT2D eigenvalue weighted by Gasteiger charge is -2.48. The standard InChI is InChI=1S/C81H153NO18/c1-3-5-7-9-11-13-15-17-19-21-23-24-25-26-27-28-29-30-31-32-33-34-35-36-37-38-39-41-43-45-47-49-51-53-55-57-59-69(87)82-64(65(86)58-56-54-52-50-48-46-44-42-40-22-20-18-16-14-12-10-8-6-4-2)63-95-79-75(93)72(90)77(67(61-84)97-79)100-81-76(94)73(91)78(68(62-85)98-81)99-80-74(92)71(89)70(88)66(60-83)96-80/h48,50,56,58,64-68,70-81,83-86,88-94H,3-47,49,51-55,57,59-63H2,1-2H3,(H,82,87)/b50-48+,58-56+. The molecule has 3 aliphatic rings. The zero-order chi connectivity index (χ0) is 72.5. The van der Waals surface area contributed by atoms with Gasteiger partial charge in [0.15, 0.2) is 18.9 Å². The molecule has 17 unspecified atom stereocenters. The van der Waals surface area contributed by atoms with Gasteiger partial charge in [-0.05, 0) is 32.1 Å². The van der Waals surface area contributed by atoms with Crippen molar-refractivity contribution < 1.29 is 89.4 Å². The van der Waals surface area contributed by atoms with Crippen molar-refractivity contribution in [3.8, 4) is 0 Å². The van der Waals surface area contributed by atoms with Gasteiger partial charge < -0.3 is 89.9 Å². The van der Waals surface area contributed by atoms with Gasteiger partial charge in [-0.2, -0.15) is 0 Å². The molecule has 0 saturated carbocycles. The molecule has 12 N–H and O–H groups in total. The van der Waals surface area contributed by atoms with Gasteiger partial charge in [0.2, 0.25) is 5.91 Å². The number of hydrogen-bond donors (Lipinski definition) is 12. The van der Waals surface area contributed by atoms with Crippen LogP contribution < -0.4 is 5.32 Å². The molecule has 0 aliphatic carbocycles. The van der Waals surface area contributed by atoms with Crippen LogP contribution in [0.25, 0.3) is 0 Å². The highest BCUT2D eigenvalue weighted by atomic mass is 16.8. The van der Waals surface area contributed by atoms with Crippen LogP contribution in [-0.4, -0.2) is 193 Å². The third kappa shape index (κ3) is 42.0. The average Bonchev–Trinajstić information content (AvgIpc) is 0.781. The minimum Gasteiger partial charge on any atom is -0.394 e. The van der Waals surface area contributed by atoms with Crippen LogP contribution in [-0.2, 0) is 33.2 Å². The van der Waals surface area contributed by atoms with Gasteiger partial charge in [-0.1, -0.05) is 340 Å². The molecule has 0 bridgehead atoms. The molecule has 0 spiro atoms. The topological polar surface area (TPSA) is 307 Å². The van der Waals surface area contributed by atoms with Crippen LogP contribution in [0.1, 0.15) is 354 Å². The fraction of sp³-hybridized carbons (Fsp3) is 0.938. The summed E-state index contributed by atoms with van der Waals surface area (Å²) < 4.78 is 34.4. The molecule has 3 fully saturated rings. The van der Waals surface area contributed by atoms with E-state index in [1.807, 2.05) is 6.08 Å². The Morgan fingerprint density at radius 2 is 0.640 bits per heavy atom. The Bertz CT molecular complexity index is 1900. The van der Waals surface area contributed by atoms with Crippen molar-refractivity contribution in [3.63, 3.8) is 0 Å². The maximum atomic E-state index is 13.5. The number of amides is 1. The predicted octanol–water partition coefficient (Wildman–Crippen LogP) is 14.1. The first kappa shape index (κ1) is 92.5. The maximum Gasteiger partial charge on any atom is 0.220 e. The summed E-state index contributed by atoms with van der Waals surface area (Å²) in [6.07, 6.45) is 49.1. The number of nitrogens with one attached hydrogen (secondary N) is 1. The average molecular weight is 1430 g/mol. The van der Waals surface area contributed by atoms with E-state index in [1.165, 1.54) is 283 Å². The van der Waals surface area contributed by atoms with Crippen molar-refractivity contribution in [2.24, 2.45) is 0 Å². The van der Waals surface area contributed by atoms with Crippen LogP contribution in [0.4, 0.5) is 0 Å². The Morgan fingerprint density at radius 3 is 1.00 bits per heavy atom. The normalized spacial score (nSPS) is 26.5. The minimum absolute atomic E-state index is 0.241. The van der Waals surface area contributed by atoms with Crippen molar-refractivity contribution in [2.75, 3.05) is 26.4 Å². The number of allylic oxidation sites excluding steroid dienone is 3. The summed E-state index contributed by atoms with van der Waals surface area (Å²) in [4.78, 5) is 13.5. The lowest BCUT2D eigenvalue weighted by atomic mass is 9.96. The third-order valence-corrected chi connectivity index (χ3v) is 21.0. The number of aliphatic hydroxyl groups is 11. The SMILES string of the molecule is CCCCCCCCCCCCCCC/C=C/CC/C=C/C(O)C(COC1OC(CO)C(OC2OC(CO)C(OC3OC(CO)C(O)C(O)C3O)C(O)C2O)C(O)C1O)NC(=O)CCCCCCCCCCCCCCCCCCCCCCCCCCCCCCCCCCCCCC. The smallest absolute Gasteiger partial charge is 0.220 e. The highest BCUT2D eigenvalue weighted by molar-refractivity contribution is 5.76. The Hall–Kier alpha value is -1.73. The van der Waals surface area contributed by atoms with Crippen LogP contribution >= 0.6 is 0 Å². The van der Waals surface area contributed by atoms with E-state index in [1.54, 1.807) is 6.08 Å². The number of rotatable bonds is 67. The maximum absolute atomic E-state index is 13.5. The van der Waals surface area contributed by atoms with Crippen molar-refractivity contribution >= 4 is 5.91 Å². The fourth-order valence-electron chi connectivity index (χ4n) is 14.3. The molecular formula is C81H153NO18. The van der Waals surface area contributed by atoms with Gasteiger partial charge in [0.25, 0.3) is 0 Å². The largest absolute Gasteiger partial charge is 0.394 e. The second-order valence-corrected chi connectivity index (χ2v) is 29.9. The first-order valence-corrected chi connectivity index (χ1v) is 41.6. The molecular weight excluding hydrogens is 1270 g/mol. The van der Waals surface area contributed by atoms with Crippen molar-refractivity contribution in [1.82, 2.24) is 5.32 Å². The van der Waals surface area contributed by atoms with E-state index in [2.05, 4.69) is 31.3 Å². The summed E-state index contributed by atoms with van der Waals surface area (Å²) in [5.41, 5.74) is 0. The molecule has 3 aliphatic heterocycles. The van der Waals surface area contributed by atoms with Crippen molar-refractivity contribution in [1.29, 1.82) is 0 Å².